The van der Waals surface area contributed by atoms with Crippen molar-refractivity contribution in [3.05, 3.63) is 35.9 Å². The molecular formula is C16H23N5O. The molecule has 6 heteroatoms. The highest BCUT2D eigenvalue weighted by atomic mass is 16.3. The summed E-state index contributed by atoms with van der Waals surface area (Å²) in [4.78, 5) is 4.72. The molecule has 118 valence electrons. The molecule has 2 aromatic rings. The normalized spacial score (nSPS) is 16.2. The number of aryl methyl sites for hydroxylation is 1. The third kappa shape index (κ3) is 3.06. The Morgan fingerprint density at radius 1 is 1.09 bits per heavy atom. The minimum atomic E-state index is 0.325. The van der Waals surface area contributed by atoms with Crippen LogP contribution in [-0.2, 0) is 20.0 Å². The third-order valence-electron chi connectivity index (χ3n) is 4.30. The Bertz CT molecular complexity index is 631. The zero-order valence-corrected chi connectivity index (χ0v) is 13.2. The number of hydrogen-bond acceptors (Lipinski definition) is 5. The smallest absolute Gasteiger partial charge is 0.146 e. The van der Waals surface area contributed by atoms with Gasteiger partial charge in [0, 0.05) is 51.4 Å². The Morgan fingerprint density at radius 2 is 1.82 bits per heavy atom. The molecule has 0 amide bonds. The summed E-state index contributed by atoms with van der Waals surface area (Å²) in [5, 5.41) is 18.1. The van der Waals surface area contributed by atoms with E-state index in [0.717, 1.165) is 56.5 Å². The van der Waals surface area contributed by atoms with E-state index in [-0.39, 0.29) is 0 Å². The molecule has 22 heavy (non-hydrogen) atoms. The summed E-state index contributed by atoms with van der Waals surface area (Å²) in [5.41, 5.74) is 1.09. The van der Waals surface area contributed by atoms with E-state index in [2.05, 4.69) is 31.5 Å². The first-order valence-corrected chi connectivity index (χ1v) is 7.81. The first-order chi connectivity index (χ1) is 10.7. The molecular weight excluding hydrogens is 278 g/mol. The Kier molecular flexibility index (Phi) is 4.29. The lowest BCUT2D eigenvalue weighted by molar-refractivity contribution is 0.241. The maximum absolute atomic E-state index is 9.59. The number of anilines is 1. The van der Waals surface area contributed by atoms with Crippen molar-refractivity contribution in [2.75, 3.05) is 31.1 Å². The minimum absolute atomic E-state index is 0.325. The van der Waals surface area contributed by atoms with Crippen molar-refractivity contribution in [3.8, 4) is 5.75 Å². The van der Waals surface area contributed by atoms with Gasteiger partial charge in [-0.15, -0.1) is 10.2 Å². The molecule has 0 spiro atoms. The first-order valence-electron chi connectivity index (χ1n) is 7.81. The zero-order chi connectivity index (χ0) is 15.5. The van der Waals surface area contributed by atoms with Crippen LogP contribution >= 0.6 is 0 Å². The third-order valence-corrected chi connectivity index (χ3v) is 4.30. The monoisotopic (exact) mass is 301 g/mol. The van der Waals surface area contributed by atoms with E-state index in [0.29, 0.717) is 5.75 Å². The summed E-state index contributed by atoms with van der Waals surface area (Å²) in [6.45, 7) is 6.84. The fourth-order valence-corrected chi connectivity index (χ4v) is 2.90. The summed E-state index contributed by atoms with van der Waals surface area (Å²) < 4.78 is 2.10. The molecule has 1 saturated heterocycles. The van der Waals surface area contributed by atoms with Crippen molar-refractivity contribution in [2.45, 2.75) is 19.9 Å². The van der Waals surface area contributed by atoms with Crippen LogP contribution in [-0.4, -0.2) is 50.9 Å². The standard InChI is InChI=1S/C16H23N5O/c1-3-15-17-18-16(19(15)2)12-20-7-9-21(10-8-20)13-5-4-6-14(22)11-13/h4-6,11,22H,3,7-10,12H2,1-2H3. The average molecular weight is 301 g/mol. The lowest BCUT2D eigenvalue weighted by Gasteiger charge is -2.35. The molecule has 0 aliphatic carbocycles. The molecule has 1 aromatic carbocycles. The van der Waals surface area contributed by atoms with E-state index in [9.17, 15) is 5.11 Å². The van der Waals surface area contributed by atoms with Gasteiger partial charge in [0.15, 0.2) is 0 Å². The quantitative estimate of drug-likeness (QED) is 0.925. The van der Waals surface area contributed by atoms with Crippen molar-refractivity contribution in [1.29, 1.82) is 0 Å². The number of benzene rings is 1. The van der Waals surface area contributed by atoms with Crippen molar-refractivity contribution < 1.29 is 5.11 Å². The zero-order valence-electron chi connectivity index (χ0n) is 13.2. The molecule has 1 aliphatic heterocycles. The van der Waals surface area contributed by atoms with Gasteiger partial charge in [0.25, 0.3) is 0 Å². The second-order valence-electron chi connectivity index (χ2n) is 5.73. The van der Waals surface area contributed by atoms with Crippen molar-refractivity contribution in [3.63, 3.8) is 0 Å². The fraction of sp³-hybridized carbons (Fsp3) is 0.500. The maximum atomic E-state index is 9.59. The number of rotatable bonds is 4. The summed E-state index contributed by atoms with van der Waals surface area (Å²) in [5.74, 6) is 2.39. The van der Waals surface area contributed by atoms with Crippen LogP contribution < -0.4 is 4.90 Å². The van der Waals surface area contributed by atoms with Gasteiger partial charge in [-0.05, 0) is 12.1 Å². The predicted octanol–water partition coefficient (Wildman–Crippen LogP) is 1.41. The van der Waals surface area contributed by atoms with Crippen LogP contribution in [0.25, 0.3) is 0 Å². The van der Waals surface area contributed by atoms with E-state index in [1.807, 2.05) is 25.2 Å². The second kappa shape index (κ2) is 6.36. The van der Waals surface area contributed by atoms with Crippen LogP contribution in [0.5, 0.6) is 5.75 Å². The Labute approximate surface area is 131 Å². The van der Waals surface area contributed by atoms with Crippen LogP contribution in [0.2, 0.25) is 0 Å². The number of nitrogens with zero attached hydrogens (tertiary/aromatic N) is 5. The van der Waals surface area contributed by atoms with Gasteiger partial charge in [0.2, 0.25) is 0 Å². The highest BCUT2D eigenvalue weighted by Crippen LogP contribution is 2.21. The minimum Gasteiger partial charge on any atom is -0.508 e. The van der Waals surface area contributed by atoms with Gasteiger partial charge >= 0.3 is 0 Å². The van der Waals surface area contributed by atoms with Gasteiger partial charge in [0.1, 0.15) is 17.4 Å². The molecule has 0 atom stereocenters. The van der Waals surface area contributed by atoms with Gasteiger partial charge in [-0.3, -0.25) is 4.90 Å². The van der Waals surface area contributed by atoms with E-state index in [1.165, 1.54) is 0 Å². The number of aromatic nitrogens is 3. The van der Waals surface area contributed by atoms with Crippen LogP contribution in [0.1, 0.15) is 18.6 Å². The van der Waals surface area contributed by atoms with Crippen LogP contribution in [0, 0.1) is 0 Å². The number of aromatic hydroxyl groups is 1. The number of phenolic OH excluding ortho intramolecular Hbond substituents is 1. The van der Waals surface area contributed by atoms with Gasteiger partial charge in [0.05, 0.1) is 6.54 Å². The lowest BCUT2D eigenvalue weighted by Crippen LogP contribution is -2.46. The molecule has 1 N–H and O–H groups in total. The number of phenols is 1. The molecule has 0 radical (unpaired) electrons. The average Bonchev–Trinajstić information content (AvgIpc) is 2.88. The topological polar surface area (TPSA) is 57.4 Å². The highest BCUT2D eigenvalue weighted by molar-refractivity contribution is 5.50. The maximum Gasteiger partial charge on any atom is 0.146 e. The van der Waals surface area contributed by atoms with Crippen molar-refractivity contribution in [2.24, 2.45) is 7.05 Å². The van der Waals surface area contributed by atoms with Gasteiger partial charge in [-0.2, -0.15) is 0 Å². The molecule has 1 aromatic heterocycles. The van der Waals surface area contributed by atoms with E-state index in [1.54, 1.807) is 6.07 Å². The lowest BCUT2D eigenvalue weighted by atomic mass is 10.2. The van der Waals surface area contributed by atoms with Crippen LogP contribution in [0.3, 0.4) is 0 Å². The number of hydrogen-bond donors (Lipinski definition) is 1. The van der Waals surface area contributed by atoms with Crippen molar-refractivity contribution in [1.82, 2.24) is 19.7 Å². The van der Waals surface area contributed by atoms with Crippen molar-refractivity contribution >= 4 is 5.69 Å². The van der Waals surface area contributed by atoms with Crippen LogP contribution in [0.4, 0.5) is 5.69 Å². The molecule has 6 nitrogen and oxygen atoms in total. The number of piperazine rings is 1. The molecule has 2 heterocycles. The molecule has 0 unspecified atom stereocenters. The largest absolute Gasteiger partial charge is 0.508 e. The van der Waals surface area contributed by atoms with Gasteiger partial charge in [-0.1, -0.05) is 13.0 Å². The van der Waals surface area contributed by atoms with E-state index < -0.39 is 0 Å². The first kappa shape index (κ1) is 14.8. The molecule has 3 rings (SSSR count). The van der Waals surface area contributed by atoms with Gasteiger partial charge < -0.3 is 14.6 Å². The van der Waals surface area contributed by atoms with Gasteiger partial charge in [-0.25, -0.2) is 0 Å². The summed E-state index contributed by atoms with van der Waals surface area (Å²) in [6, 6.07) is 7.47. The summed E-state index contributed by atoms with van der Waals surface area (Å²) in [7, 11) is 2.04. The van der Waals surface area contributed by atoms with E-state index in [4.69, 9.17) is 0 Å². The highest BCUT2D eigenvalue weighted by Gasteiger charge is 2.19. The second-order valence-corrected chi connectivity index (χ2v) is 5.73. The molecule has 1 aliphatic rings. The Hall–Kier alpha value is -2.08. The Balaban J connectivity index is 1.58. The summed E-state index contributed by atoms with van der Waals surface area (Å²) in [6.07, 6.45) is 0.911. The summed E-state index contributed by atoms with van der Waals surface area (Å²) >= 11 is 0. The fourth-order valence-electron chi connectivity index (χ4n) is 2.90. The predicted molar refractivity (Wildman–Crippen MR) is 86.0 cm³/mol. The SMILES string of the molecule is CCc1nnc(CN2CCN(c3cccc(O)c3)CC2)n1C. The van der Waals surface area contributed by atoms with E-state index >= 15 is 0 Å². The molecule has 0 saturated carbocycles. The molecule has 0 bridgehead atoms. The Morgan fingerprint density at radius 3 is 2.45 bits per heavy atom. The van der Waals surface area contributed by atoms with Crippen LogP contribution in [0.15, 0.2) is 24.3 Å². The molecule has 1 fully saturated rings.